The highest BCUT2D eigenvalue weighted by molar-refractivity contribution is 5.77. The molecule has 0 aliphatic carbocycles. The molecule has 1 unspecified atom stereocenters. The fraction of sp³-hybridized carbons (Fsp3) is 0.235. The lowest BCUT2D eigenvalue weighted by Crippen LogP contribution is -2.28. The van der Waals surface area contributed by atoms with Gasteiger partial charge in [0.25, 0.3) is 5.69 Å². The average Bonchev–Trinajstić information content (AvgIpc) is 2.57. The second-order valence-electron chi connectivity index (χ2n) is 5.41. The van der Waals surface area contributed by atoms with Crippen molar-refractivity contribution in [3.05, 3.63) is 69.8 Å². The molecule has 0 radical (unpaired) electrons. The minimum atomic E-state index is -0.700. The molecular weight excluding hydrogens is 332 g/mol. The molecule has 132 valence electrons. The lowest BCUT2D eigenvalue weighted by atomic mass is 10.1. The quantitative estimate of drug-likeness (QED) is 0.591. The van der Waals surface area contributed by atoms with Crippen LogP contribution < -0.4 is 10.6 Å². The van der Waals surface area contributed by atoms with Crippen LogP contribution in [0.3, 0.4) is 0 Å². The van der Waals surface area contributed by atoms with Crippen LogP contribution in [0.25, 0.3) is 0 Å². The minimum absolute atomic E-state index is 0.0212. The second-order valence-corrected chi connectivity index (χ2v) is 5.41. The van der Waals surface area contributed by atoms with Crippen molar-refractivity contribution in [2.75, 3.05) is 11.9 Å². The molecule has 0 saturated heterocycles. The molecule has 0 fully saturated rings. The molecule has 0 aliphatic rings. The zero-order valence-corrected chi connectivity index (χ0v) is 13.5. The maximum absolute atomic E-state index is 13.7. The molecule has 1 atom stereocenters. The first-order chi connectivity index (χ1) is 11.9. The Hall–Kier alpha value is -3.03. The van der Waals surface area contributed by atoms with Crippen LogP contribution in [0, 0.1) is 21.7 Å². The zero-order chi connectivity index (χ0) is 18.4. The topological polar surface area (TPSA) is 84.3 Å². The van der Waals surface area contributed by atoms with E-state index in [9.17, 15) is 23.7 Å². The maximum atomic E-state index is 13.7. The van der Waals surface area contributed by atoms with Gasteiger partial charge in [0, 0.05) is 24.6 Å². The number of carbonyl (C=O) groups is 1. The second kappa shape index (κ2) is 8.18. The lowest BCUT2D eigenvalue weighted by molar-refractivity contribution is -0.384. The van der Waals surface area contributed by atoms with Crippen molar-refractivity contribution in [1.29, 1.82) is 0 Å². The van der Waals surface area contributed by atoms with Gasteiger partial charge in [0.15, 0.2) is 0 Å². The molecule has 0 aromatic heterocycles. The first-order valence-corrected chi connectivity index (χ1v) is 7.60. The van der Waals surface area contributed by atoms with Crippen LogP contribution in [0.1, 0.15) is 24.9 Å². The van der Waals surface area contributed by atoms with Crippen LogP contribution in [0.2, 0.25) is 0 Å². The van der Waals surface area contributed by atoms with Gasteiger partial charge in [-0.25, -0.2) is 8.78 Å². The Morgan fingerprint density at radius 1 is 1.24 bits per heavy atom. The monoisotopic (exact) mass is 349 g/mol. The predicted octanol–water partition coefficient (Wildman–Crippen LogP) is 3.55. The molecule has 8 heteroatoms. The summed E-state index contributed by atoms with van der Waals surface area (Å²) in [7, 11) is 0. The summed E-state index contributed by atoms with van der Waals surface area (Å²) in [5.41, 5.74) is 0.280. The molecule has 2 aromatic rings. The van der Waals surface area contributed by atoms with Crippen LogP contribution in [-0.2, 0) is 4.79 Å². The van der Waals surface area contributed by atoms with E-state index in [1.54, 1.807) is 25.1 Å². The number of hydrogen-bond acceptors (Lipinski definition) is 4. The molecule has 1 amide bonds. The van der Waals surface area contributed by atoms with Crippen molar-refractivity contribution in [2.45, 2.75) is 19.4 Å². The third-order valence-electron chi connectivity index (χ3n) is 3.57. The Morgan fingerprint density at radius 3 is 2.68 bits per heavy atom. The van der Waals surface area contributed by atoms with E-state index >= 15 is 0 Å². The van der Waals surface area contributed by atoms with Crippen molar-refractivity contribution in [3.63, 3.8) is 0 Å². The van der Waals surface area contributed by atoms with Gasteiger partial charge in [-0.1, -0.05) is 12.1 Å². The Balaban J connectivity index is 1.89. The van der Waals surface area contributed by atoms with E-state index in [4.69, 9.17) is 0 Å². The van der Waals surface area contributed by atoms with E-state index in [0.29, 0.717) is 5.69 Å². The zero-order valence-electron chi connectivity index (χ0n) is 13.5. The van der Waals surface area contributed by atoms with Crippen LogP contribution in [-0.4, -0.2) is 17.4 Å². The van der Waals surface area contributed by atoms with Gasteiger partial charge >= 0.3 is 0 Å². The first kappa shape index (κ1) is 18.3. The Morgan fingerprint density at radius 2 is 1.96 bits per heavy atom. The number of nitrogens with zero attached hydrogens (tertiary/aromatic N) is 1. The van der Waals surface area contributed by atoms with E-state index < -0.39 is 22.6 Å². The SMILES string of the molecule is CC(NC(=O)CCNc1ccccc1[N+](=O)[O-])c1cc(F)ccc1F. The third kappa shape index (κ3) is 4.97. The first-order valence-electron chi connectivity index (χ1n) is 7.60. The number of nitro benzene ring substituents is 1. The van der Waals surface area contributed by atoms with E-state index in [1.807, 2.05) is 0 Å². The van der Waals surface area contributed by atoms with Gasteiger partial charge in [-0.2, -0.15) is 0 Å². The molecule has 0 bridgehead atoms. The van der Waals surface area contributed by atoms with Crippen molar-refractivity contribution in [3.8, 4) is 0 Å². The smallest absolute Gasteiger partial charge is 0.292 e. The minimum Gasteiger partial charge on any atom is -0.379 e. The molecule has 0 aliphatic heterocycles. The van der Waals surface area contributed by atoms with Gasteiger partial charge in [0.2, 0.25) is 5.91 Å². The van der Waals surface area contributed by atoms with Crippen molar-refractivity contribution in [2.24, 2.45) is 0 Å². The lowest BCUT2D eigenvalue weighted by Gasteiger charge is -2.15. The molecule has 0 spiro atoms. The highest BCUT2D eigenvalue weighted by atomic mass is 19.1. The van der Waals surface area contributed by atoms with Gasteiger partial charge in [0.1, 0.15) is 17.3 Å². The van der Waals surface area contributed by atoms with Crippen molar-refractivity contribution < 1.29 is 18.5 Å². The van der Waals surface area contributed by atoms with Crippen LogP contribution >= 0.6 is 0 Å². The number of halogens is 2. The molecule has 6 nitrogen and oxygen atoms in total. The van der Waals surface area contributed by atoms with E-state index in [0.717, 1.165) is 18.2 Å². The average molecular weight is 349 g/mol. The molecule has 0 saturated carbocycles. The summed E-state index contributed by atoms with van der Waals surface area (Å²) in [5.74, 6) is -1.58. The van der Waals surface area contributed by atoms with Crippen LogP contribution in [0.4, 0.5) is 20.2 Å². The number of para-hydroxylation sites is 2. The van der Waals surface area contributed by atoms with Crippen LogP contribution in [0.5, 0.6) is 0 Å². The number of anilines is 1. The van der Waals surface area contributed by atoms with Gasteiger partial charge < -0.3 is 10.6 Å². The standard InChI is InChI=1S/C17H17F2N3O3/c1-11(13-10-12(18)6-7-14(13)19)21-17(23)8-9-20-15-4-2-3-5-16(15)22(24)25/h2-7,10-11,20H,8-9H2,1H3,(H,21,23). The van der Waals surface area contributed by atoms with Gasteiger partial charge in [0.05, 0.1) is 11.0 Å². The Kier molecular flexibility index (Phi) is 5.99. The molecule has 25 heavy (non-hydrogen) atoms. The normalized spacial score (nSPS) is 11.6. The summed E-state index contributed by atoms with van der Waals surface area (Å²) in [5, 5.41) is 16.3. The van der Waals surface area contributed by atoms with Crippen LogP contribution in [0.15, 0.2) is 42.5 Å². The highest BCUT2D eigenvalue weighted by Gasteiger charge is 2.15. The number of carbonyl (C=O) groups excluding carboxylic acids is 1. The summed E-state index contributed by atoms with van der Waals surface area (Å²) in [4.78, 5) is 22.3. The number of benzene rings is 2. The van der Waals surface area contributed by atoms with Gasteiger partial charge in [-0.15, -0.1) is 0 Å². The van der Waals surface area contributed by atoms with Crippen molar-refractivity contribution >= 4 is 17.3 Å². The highest BCUT2D eigenvalue weighted by Crippen LogP contribution is 2.23. The van der Waals surface area contributed by atoms with Gasteiger partial charge in [-0.05, 0) is 31.2 Å². The maximum Gasteiger partial charge on any atom is 0.292 e. The molecule has 0 heterocycles. The fourth-order valence-corrected chi connectivity index (χ4v) is 2.33. The number of hydrogen-bond donors (Lipinski definition) is 2. The number of amides is 1. The summed E-state index contributed by atoms with van der Waals surface area (Å²) in [6.45, 7) is 1.71. The Bertz CT molecular complexity index is 783. The van der Waals surface area contributed by atoms with E-state index in [2.05, 4.69) is 10.6 Å². The van der Waals surface area contributed by atoms with E-state index in [1.165, 1.54) is 6.07 Å². The molecule has 2 N–H and O–H groups in total. The number of rotatable bonds is 7. The summed E-state index contributed by atoms with van der Waals surface area (Å²) < 4.78 is 26.9. The number of nitrogens with one attached hydrogen (secondary N) is 2. The van der Waals surface area contributed by atoms with Crippen molar-refractivity contribution in [1.82, 2.24) is 5.32 Å². The molecular formula is C17H17F2N3O3. The largest absolute Gasteiger partial charge is 0.379 e. The number of nitro groups is 1. The predicted molar refractivity (Wildman–Crippen MR) is 89.1 cm³/mol. The Labute approximate surface area is 143 Å². The van der Waals surface area contributed by atoms with E-state index in [-0.39, 0.29) is 30.1 Å². The molecule has 2 aromatic carbocycles. The summed E-state index contributed by atoms with van der Waals surface area (Å²) in [6.07, 6.45) is 0.0212. The summed E-state index contributed by atoms with van der Waals surface area (Å²) >= 11 is 0. The molecule has 2 rings (SSSR count). The fourth-order valence-electron chi connectivity index (χ4n) is 2.33. The van der Waals surface area contributed by atoms with Gasteiger partial charge in [-0.3, -0.25) is 14.9 Å². The third-order valence-corrected chi connectivity index (χ3v) is 3.57. The summed E-state index contributed by atoms with van der Waals surface area (Å²) in [6, 6.07) is 8.43.